The van der Waals surface area contributed by atoms with Gasteiger partial charge in [-0.2, -0.15) is 10.1 Å². The van der Waals surface area contributed by atoms with Crippen LogP contribution >= 0.6 is 0 Å². The number of nitrogen functional groups attached to an aromatic ring is 1. The van der Waals surface area contributed by atoms with Crippen molar-refractivity contribution in [2.24, 2.45) is 0 Å². The van der Waals surface area contributed by atoms with E-state index in [0.717, 1.165) is 74.7 Å². The van der Waals surface area contributed by atoms with Crippen molar-refractivity contribution in [2.75, 3.05) is 58.0 Å². The Bertz CT molecular complexity index is 1080. The lowest BCUT2D eigenvalue weighted by molar-refractivity contribution is 0.229. The number of nitrogens with zero attached hydrogens (tertiary/aromatic N) is 5. The van der Waals surface area contributed by atoms with Crippen LogP contribution in [0.2, 0.25) is 0 Å². The lowest BCUT2D eigenvalue weighted by Crippen LogP contribution is -2.42. The number of unbranched alkanes of at least 4 members (excludes halogenated alkanes) is 1. The second-order valence-corrected chi connectivity index (χ2v) is 8.24. The molecule has 0 spiro atoms. The highest BCUT2D eigenvalue weighted by molar-refractivity contribution is 5.85. The number of rotatable bonds is 10. The molecule has 33 heavy (non-hydrogen) atoms. The Hall–Kier alpha value is -3.11. The van der Waals surface area contributed by atoms with Gasteiger partial charge in [0.15, 0.2) is 11.3 Å². The molecule has 1 aromatic carbocycles. The molecule has 1 aliphatic rings. The van der Waals surface area contributed by atoms with Crippen LogP contribution in [-0.4, -0.2) is 71.6 Å². The topological polar surface area (TPSA) is 115 Å². The van der Waals surface area contributed by atoms with E-state index in [2.05, 4.69) is 38.5 Å². The number of nitrogens with one attached hydrogen (secondary N) is 2. The molecule has 10 nitrogen and oxygen atoms in total. The minimum absolute atomic E-state index is 0.231. The molecule has 0 unspecified atom stereocenters. The van der Waals surface area contributed by atoms with Gasteiger partial charge in [0.2, 0.25) is 5.95 Å². The third-order valence-corrected chi connectivity index (χ3v) is 5.90. The van der Waals surface area contributed by atoms with E-state index in [4.69, 9.17) is 20.3 Å². The van der Waals surface area contributed by atoms with Crippen molar-refractivity contribution in [1.82, 2.24) is 30.0 Å². The summed E-state index contributed by atoms with van der Waals surface area (Å²) in [6.07, 6.45) is 4.02. The molecule has 0 amide bonds. The van der Waals surface area contributed by atoms with Gasteiger partial charge in [-0.25, -0.2) is 4.98 Å². The van der Waals surface area contributed by atoms with Crippen molar-refractivity contribution in [3.63, 3.8) is 0 Å². The molecule has 1 aliphatic heterocycles. The molecule has 0 atom stereocenters. The molecule has 4 N–H and O–H groups in total. The van der Waals surface area contributed by atoms with E-state index >= 15 is 0 Å². The molecule has 0 radical (unpaired) electrons. The van der Waals surface area contributed by atoms with Crippen LogP contribution in [0.25, 0.3) is 11.0 Å². The highest BCUT2D eigenvalue weighted by Gasteiger charge is 2.20. The fourth-order valence-electron chi connectivity index (χ4n) is 4.22. The van der Waals surface area contributed by atoms with Gasteiger partial charge in [-0.3, -0.25) is 9.58 Å². The van der Waals surface area contributed by atoms with Gasteiger partial charge in [-0.1, -0.05) is 19.4 Å². The molecule has 4 rings (SSSR count). The van der Waals surface area contributed by atoms with Crippen molar-refractivity contribution < 1.29 is 9.47 Å². The van der Waals surface area contributed by atoms with Gasteiger partial charge in [0.25, 0.3) is 0 Å². The first-order chi connectivity index (χ1) is 16.1. The third-order valence-electron chi connectivity index (χ3n) is 5.90. The quantitative estimate of drug-likeness (QED) is 0.396. The van der Waals surface area contributed by atoms with E-state index in [1.165, 1.54) is 0 Å². The van der Waals surface area contributed by atoms with Gasteiger partial charge < -0.3 is 25.8 Å². The van der Waals surface area contributed by atoms with E-state index in [1.807, 2.05) is 16.9 Å². The van der Waals surface area contributed by atoms with Crippen molar-refractivity contribution in [3.8, 4) is 11.5 Å². The molecular weight excluding hydrogens is 420 g/mol. The van der Waals surface area contributed by atoms with E-state index in [0.29, 0.717) is 23.4 Å². The van der Waals surface area contributed by atoms with Crippen LogP contribution in [0.3, 0.4) is 0 Å². The second kappa shape index (κ2) is 10.7. The van der Waals surface area contributed by atoms with Gasteiger partial charge in [-0.05, 0) is 12.5 Å². The van der Waals surface area contributed by atoms with Gasteiger partial charge in [0.1, 0.15) is 17.0 Å². The monoisotopic (exact) mass is 454 g/mol. The summed E-state index contributed by atoms with van der Waals surface area (Å²) < 4.78 is 13.4. The summed E-state index contributed by atoms with van der Waals surface area (Å²) >= 11 is 0. The molecular formula is C23H34N8O2. The summed E-state index contributed by atoms with van der Waals surface area (Å²) in [6, 6.07) is 4.10. The number of nitrogens with two attached hydrogens (primary N) is 1. The maximum atomic E-state index is 5.94. The average molecular weight is 455 g/mol. The Labute approximate surface area is 194 Å². The Morgan fingerprint density at radius 1 is 1.12 bits per heavy atom. The maximum absolute atomic E-state index is 5.94. The zero-order valence-electron chi connectivity index (χ0n) is 19.7. The number of aromatic nitrogens is 4. The smallest absolute Gasteiger partial charge is 0.222 e. The molecule has 1 saturated heterocycles. The van der Waals surface area contributed by atoms with Crippen molar-refractivity contribution in [1.29, 1.82) is 0 Å². The molecule has 1 fully saturated rings. The fourth-order valence-corrected chi connectivity index (χ4v) is 4.22. The van der Waals surface area contributed by atoms with Crippen LogP contribution in [0.1, 0.15) is 30.9 Å². The standard InChI is InChI=1S/C23H34N8O2/c1-4-5-8-26-22-20-18(27-23(24)28-22)15-31(29-20)14-17-19(32-2)7-6-16(21(17)33-3)13-30-11-9-25-10-12-30/h6-7,15,25H,4-5,8-14H2,1-3H3,(H3,24,26,27,28). The molecule has 3 heterocycles. The largest absolute Gasteiger partial charge is 0.496 e. The first-order valence-corrected chi connectivity index (χ1v) is 11.5. The number of hydrogen-bond acceptors (Lipinski definition) is 9. The lowest BCUT2D eigenvalue weighted by atomic mass is 10.1. The molecule has 178 valence electrons. The zero-order valence-corrected chi connectivity index (χ0v) is 19.7. The summed E-state index contributed by atoms with van der Waals surface area (Å²) in [5, 5.41) is 11.5. The van der Waals surface area contributed by atoms with Gasteiger partial charge in [-0.15, -0.1) is 0 Å². The average Bonchev–Trinajstić information content (AvgIpc) is 3.22. The van der Waals surface area contributed by atoms with Crippen molar-refractivity contribution in [3.05, 3.63) is 29.5 Å². The minimum atomic E-state index is 0.231. The predicted molar refractivity (Wildman–Crippen MR) is 130 cm³/mol. The molecule has 0 aliphatic carbocycles. The molecule has 0 saturated carbocycles. The number of piperazine rings is 1. The molecule has 0 bridgehead atoms. The van der Waals surface area contributed by atoms with E-state index < -0.39 is 0 Å². The number of fused-ring (bicyclic) bond motifs is 1. The van der Waals surface area contributed by atoms with Crippen molar-refractivity contribution in [2.45, 2.75) is 32.9 Å². The summed E-state index contributed by atoms with van der Waals surface area (Å²) in [7, 11) is 3.39. The van der Waals surface area contributed by atoms with Gasteiger partial charge >= 0.3 is 0 Å². The number of anilines is 2. The molecule has 10 heteroatoms. The van der Waals surface area contributed by atoms with Crippen LogP contribution in [0.15, 0.2) is 18.3 Å². The number of ether oxygens (including phenoxy) is 2. The number of benzene rings is 1. The summed E-state index contributed by atoms with van der Waals surface area (Å²) in [5.74, 6) is 2.49. The van der Waals surface area contributed by atoms with E-state index in [-0.39, 0.29) is 5.95 Å². The first kappa shape index (κ1) is 23.1. The summed E-state index contributed by atoms with van der Waals surface area (Å²) in [5.41, 5.74) is 9.43. The van der Waals surface area contributed by atoms with Crippen LogP contribution in [-0.2, 0) is 13.1 Å². The second-order valence-electron chi connectivity index (χ2n) is 8.24. The lowest BCUT2D eigenvalue weighted by Gasteiger charge is -2.28. The Morgan fingerprint density at radius 3 is 2.67 bits per heavy atom. The van der Waals surface area contributed by atoms with Crippen LogP contribution < -0.4 is 25.8 Å². The SMILES string of the molecule is CCCCNc1nc(N)nc2cn(Cc3c(OC)ccc(CN4CCNCC4)c3OC)nc12. The van der Waals surface area contributed by atoms with Gasteiger partial charge in [0, 0.05) is 44.8 Å². The maximum Gasteiger partial charge on any atom is 0.222 e. The highest BCUT2D eigenvalue weighted by atomic mass is 16.5. The molecule has 3 aromatic rings. The summed E-state index contributed by atoms with van der Waals surface area (Å²) in [4.78, 5) is 11.2. The Kier molecular flexibility index (Phi) is 7.46. The van der Waals surface area contributed by atoms with E-state index in [9.17, 15) is 0 Å². The van der Waals surface area contributed by atoms with E-state index in [1.54, 1.807) is 14.2 Å². The normalized spacial score (nSPS) is 14.5. The minimum Gasteiger partial charge on any atom is -0.496 e. The zero-order chi connectivity index (χ0) is 23.2. The molecule has 2 aromatic heterocycles. The predicted octanol–water partition coefficient (Wildman–Crippen LogP) is 2.09. The van der Waals surface area contributed by atoms with Crippen LogP contribution in [0, 0.1) is 0 Å². The Morgan fingerprint density at radius 2 is 1.94 bits per heavy atom. The third kappa shape index (κ3) is 5.28. The van der Waals surface area contributed by atoms with Crippen LogP contribution in [0.4, 0.5) is 11.8 Å². The number of hydrogen-bond donors (Lipinski definition) is 3. The first-order valence-electron chi connectivity index (χ1n) is 11.5. The highest BCUT2D eigenvalue weighted by Crippen LogP contribution is 2.34. The Balaban J connectivity index is 1.65. The number of methoxy groups -OCH3 is 2. The fraction of sp³-hybridized carbons (Fsp3) is 0.522. The van der Waals surface area contributed by atoms with Gasteiger partial charge in [0.05, 0.1) is 32.5 Å². The van der Waals surface area contributed by atoms with Crippen LogP contribution in [0.5, 0.6) is 11.5 Å². The van der Waals surface area contributed by atoms with Crippen molar-refractivity contribution >= 4 is 22.8 Å². The summed E-state index contributed by atoms with van der Waals surface area (Å²) in [6.45, 7) is 8.31.